The van der Waals surface area contributed by atoms with Crippen LogP contribution in [0.4, 0.5) is 0 Å². The molecule has 136 valence electrons. The van der Waals surface area contributed by atoms with E-state index in [1.165, 1.54) is 0 Å². The van der Waals surface area contributed by atoms with Crippen molar-refractivity contribution in [1.82, 2.24) is 0 Å². The molecule has 0 aromatic carbocycles. The Balaban J connectivity index is 3.17. The topological polar surface area (TPSA) is 114 Å². The Kier molecular flexibility index (Phi) is 5.68. The molecule has 0 radical (unpaired) electrons. The number of hydrogen-bond acceptors (Lipinski definition) is 9. The number of hydrogen-bond donors (Lipinski definition) is 0. The van der Waals surface area contributed by atoms with Gasteiger partial charge in [0.15, 0.2) is 18.3 Å². The van der Waals surface area contributed by atoms with Crippen molar-refractivity contribution in [1.29, 1.82) is 0 Å². The minimum absolute atomic E-state index is 0.457. The first-order valence-corrected chi connectivity index (χ1v) is 7.72. The molecule has 0 spiro atoms. The zero-order valence-electron chi connectivity index (χ0n) is 16.5. The van der Waals surface area contributed by atoms with E-state index >= 15 is 0 Å². The van der Waals surface area contributed by atoms with Crippen molar-refractivity contribution in [3.8, 4) is 0 Å². The van der Waals surface area contributed by atoms with Gasteiger partial charge in [0.2, 0.25) is 0 Å². The highest BCUT2D eigenvalue weighted by molar-refractivity contribution is 14.1. The number of carbonyl (C=O) groups excluding carboxylic acids is 4. The fourth-order valence-electron chi connectivity index (χ4n) is 2.03. The van der Waals surface area contributed by atoms with Crippen LogP contribution in [0.3, 0.4) is 0 Å². The van der Waals surface area contributed by atoms with Crippen molar-refractivity contribution in [2.24, 2.45) is 0 Å². The minimum Gasteiger partial charge on any atom is -0.463 e. The molecule has 0 aromatic heterocycles. The molecule has 0 saturated carbocycles. The molecule has 1 aliphatic rings. The Labute approximate surface area is 158 Å². The van der Waals surface area contributed by atoms with E-state index in [1.54, 1.807) is 22.6 Å². The van der Waals surface area contributed by atoms with Gasteiger partial charge < -0.3 is 23.7 Å². The molecule has 1 aliphatic heterocycles. The average Bonchev–Trinajstić information content (AvgIpc) is 2.69. The maximum Gasteiger partial charge on any atom is 0.303 e. The van der Waals surface area contributed by atoms with Crippen LogP contribution in [0, 0.1) is 0 Å². The normalized spacial score (nSPS) is 31.5. The summed E-state index contributed by atoms with van der Waals surface area (Å²) in [5, 5.41) is 0. The molecule has 10 heteroatoms. The lowest BCUT2D eigenvalue weighted by Crippen LogP contribution is -2.60. The summed E-state index contributed by atoms with van der Waals surface area (Å²) in [6, 6.07) is 0. The molecular weight excluding hydrogens is 439 g/mol. The molecule has 1 saturated heterocycles. The van der Waals surface area contributed by atoms with Gasteiger partial charge in [-0.05, 0) is 22.6 Å². The van der Waals surface area contributed by atoms with Crippen molar-refractivity contribution in [2.75, 3.05) is 6.61 Å². The van der Waals surface area contributed by atoms with Gasteiger partial charge in [-0.1, -0.05) is 0 Å². The fraction of sp³-hybridized carbons (Fsp3) is 0.714. The van der Waals surface area contributed by atoms with E-state index in [4.69, 9.17) is 29.2 Å². The maximum absolute atomic E-state index is 11.7. The number of ether oxygens (including phenoxy) is 5. The largest absolute Gasteiger partial charge is 0.463 e. The van der Waals surface area contributed by atoms with Crippen LogP contribution in [-0.2, 0) is 42.9 Å². The summed E-state index contributed by atoms with van der Waals surface area (Å²) in [6.07, 6.45) is -5.26. The lowest BCUT2D eigenvalue weighted by molar-refractivity contribution is -0.234. The summed E-state index contributed by atoms with van der Waals surface area (Å²) >= 11 is 1.72. The molecule has 9 nitrogen and oxygen atoms in total. The molecule has 1 unspecified atom stereocenters. The Morgan fingerprint density at radius 1 is 0.875 bits per heavy atom. The Bertz CT molecular complexity index is 579. The molecule has 0 amide bonds. The maximum atomic E-state index is 11.7. The molecule has 1 heterocycles. The van der Waals surface area contributed by atoms with E-state index in [0.29, 0.717) is 0 Å². The third-order valence-electron chi connectivity index (χ3n) is 2.79. The second kappa shape index (κ2) is 9.16. The number of rotatable bonds is 5. The smallest absolute Gasteiger partial charge is 0.303 e. The minimum atomic E-state index is -1.42. The van der Waals surface area contributed by atoms with E-state index < -0.39 is 86.6 Å². The van der Waals surface area contributed by atoms with E-state index in [-0.39, 0.29) is 0 Å². The molecule has 0 aromatic rings. The van der Waals surface area contributed by atoms with Crippen LogP contribution in [0.15, 0.2) is 0 Å². The molecule has 24 heavy (non-hydrogen) atoms. The summed E-state index contributed by atoms with van der Waals surface area (Å²) in [7, 11) is 0. The van der Waals surface area contributed by atoms with Crippen molar-refractivity contribution < 1.29 is 48.3 Å². The molecule has 0 N–H and O–H groups in total. The van der Waals surface area contributed by atoms with E-state index in [9.17, 15) is 19.2 Å². The monoisotopic (exact) mass is 462 g/mol. The predicted molar refractivity (Wildman–Crippen MR) is 86.0 cm³/mol. The summed E-state index contributed by atoms with van der Waals surface area (Å²) < 4.78 is 53.0. The predicted octanol–water partition coefficient (Wildman–Crippen LogP) is 0.504. The van der Waals surface area contributed by atoms with Gasteiger partial charge >= 0.3 is 23.9 Å². The van der Waals surface area contributed by atoms with Crippen LogP contribution >= 0.6 is 22.6 Å². The van der Waals surface area contributed by atoms with Gasteiger partial charge in [0, 0.05) is 33.1 Å². The summed E-state index contributed by atoms with van der Waals surface area (Å²) in [4.78, 5) is 46.2. The van der Waals surface area contributed by atoms with E-state index in [0.717, 1.165) is 0 Å². The van der Waals surface area contributed by atoms with Crippen molar-refractivity contribution in [3.05, 3.63) is 0 Å². The molecule has 0 bridgehead atoms. The van der Waals surface area contributed by atoms with Crippen LogP contribution in [0.2, 0.25) is 0 Å². The van der Waals surface area contributed by atoms with Gasteiger partial charge in [-0.15, -0.1) is 0 Å². The van der Waals surface area contributed by atoms with Crippen LogP contribution in [0.25, 0.3) is 0 Å². The number of esters is 4. The number of alkyl halides is 1. The first kappa shape index (κ1) is 14.9. The Morgan fingerprint density at radius 2 is 1.38 bits per heavy atom. The van der Waals surface area contributed by atoms with Gasteiger partial charge in [0.1, 0.15) is 16.8 Å². The zero-order chi connectivity index (χ0) is 21.3. The molecule has 0 aliphatic carbocycles. The Morgan fingerprint density at radius 3 is 1.92 bits per heavy atom. The summed E-state index contributed by atoms with van der Waals surface area (Å²) in [5.74, 6) is -3.83. The SMILES string of the molecule is [2H]CC(=O)OC[C@H]1OC(I)[C@H](OC(=O)C[2H])[C@@H](OC(=O)C[2H])[C@H]1OC(=O)C[2H]. The first-order valence-electron chi connectivity index (χ1n) is 9.30. The van der Waals surface area contributed by atoms with Crippen molar-refractivity contribution >= 4 is 46.5 Å². The van der Waals surface area contributed by atoms with Gasteiger partial charge in [-0.2, -0.15) is 0 Å². The highest BCUT2D eigenvalue weighted by Gasteiger charge is 2.51. The number of carbonyl (C=O) groups is 4. The standard InChI is InChI=1S/C14H19IO9/c1-6(16)20-5-10-11(21-7(2)17)12(22-8(3)18)13(14(15)24-10)23-9(4)19/h10-14H,5H2,1-4H3/t10-,11+,12+,13-,14?/m1/s1/i1D,2D,3D,4D. The summed E-state index contributed by atoms with van der Waals surface area (Å²) in [5.41, 5.74) is 0. The first-order chi connectivity index (χ1) is 13.3. The van der Waals surface area contributed by atoms with E-state index in [1.807, 2.05) is 0 Å². The van der Waals surface area contributed by atoms with Crippen LogP contribution in [0.1, 0.15) is 33.1 Å². The van der Waals surface area contributed by atoms with Crippen molar-refractivity contribution in [2.45, 2.75) is 56.1 Å². The van der Waals surface area contributed by atoms with Crippen LogP contribution in [-0.4, -0.2) is 59.0 Å². The molecule has 5 atom stereocenters. The number of halogens is 1. The second-order valence-corrected chi connectivity index (χ2v) is 5.80. The highest BCUT2D eigenvalue weighted by atomic mass is 127. The quantitative estimate of drug-likeness (QED) is 0.250. The lowest BCUT2D eigenvalue weighted by Gasteiger charge is -2.42. The van der Waals surface area contributed by atoms with Gasteiger partial charge in [-0.3, -0.25) is 19.2 Å². The van der Waals surface area contributed by atoms with Gasteiger partial charge in [0.25, 0.3) is 0 Å². The third-order valence-corrected chi connectivity index (χ3v) is 3.79. The van der Waals surface area contributed by atoms with Crippen LogP contribution in [0.5, 0.6) is 0 Å². The second-order valence-electron chi connectivity index (χ2n) is 4.57. The molecule has 1 fully saturated rings. The lowest BCUT2D eigenvalue weighted by atomic mass is 9.99. The van der Waals surface area contributed by atoms with E-state index in [2.05, 4.69) is 0 Å². The third kappa shape index (κ3) is 6.23. The highest BCUT2D eigenvalue weighted by Crippen LogP contribution is 2.31. The average molecular weight is 462 g/mol. The Hall–Kier alpha value is -1.43. The summed E-state index contributed by atoms with van der Waals surface area (Å²) in [6.45, 7) is -3.36. The fourth-order valence-corrected chi connectivity index (χ4v) is 2.96. The zero-order valence-corrected chi connectivity index (χ0v) is 14.6. The van der Waals surface area contributed by atoms with Gasteiger partial charge in [0.05, 0.1) is 0 Å². The molecule has 1 rings (SSSR count). The molecular formula is C14H19IO9. The van der Waals surface area contributed by atoms with Crippen molar-refractivity contribution in [3.63, 3.8) is 0 Å². The van der Waals surface area contributed by atoms with Crippen LogP contribution < -0.4 is 0 Å². The van der Waals surface area contributed by atoms with Gasteiger partial charge in [-0.25, -0.2) is 0 Å².